The van der Waals surface area contributed by atoms with E-state index in [-0.39, 0.29) is 0 Å². The number of fused-ring (bicyclic) bond motifs is 1. The molecule has 0 fully saturated rings. The summed E-state index contributed by atoms with van der Waals surface area (Å²) in [5, 5.41) is 5.44. The van der Waals surface area contributed by atoms with Crippen molar-refractivity contribution < 1.29 is 9.47 Å². The predicted octanol–water partition coefficient (Wildman–Crippen LogP) is 4.04. The maximum absolute atomic E-state index is 5.90. The van der Waals surface area contributed by atoms with Crippen molar-refractivity contribution in [3.05, 3.63) is 66.7 Å². The summed E-state index contributed by atoms with van der Waals surface area (Å²) in [7, 11) is 1.64. The number of guanidine groups is 1. The SMILES string of the molecule is COc1ccc(NC(N)=NCCCOc2ccc3ccccc3c2)cc1. The van der Waals surface area contributed by atoms with Gasteiger partial charge in [-0.1, -0.05) is 30.3 Å². The van der Waals surface area contributed by atoms with Crippen molar-refractivity contribution in [3.63, 3.8) is 0 Å². The third kappa shape index (κ3) is 4.89. The Bertz CT molecular complexity index is 876. The third-order valence-electron chi connectivity index (χ3n) is 3.94. The van der Waals surface area contributed by atoms with Crippen molar-refractivity contribution in [1.82, 2.24) is 0 Å². The molecule has 3 aromatic rings. The number of methoxy groups -OCH3 is 1. The Hall–Kier alpha value is -3.21. The minimum atomic E-state index is 0.390. The minimum absolute atomic E-state index is 0.390. The van der Waals surface area contributed by atoms with Crippen LogP contribution in [0.25, 0.3) is 10.8 Å². The Labute approximate surface area is 153 Å². The number of aliphatic imine (C=N–C) groups is 1. The van der Waals surface area contributed by atoms with Crippen LogP contribution in [0.2, 0.25) is 0 Å². The van der Waals surface area contributed by atoms with Gasteiger partial charge in [0.1, 0.15) is 11.5 Å². The molecule has 3 N–H and O–H groups in total. The Morgan fingerprint density at radius 2 is 1.69 bits per heavy atom. The van der Waals surface area contributed by atoms with Gasteiger partial charge in [0.25, 0.3) is 0 Å². The molecule has 0 aliphatic heterocycles. The molecule has 5 heteroatoms. The van der Waals surface area contributed by atoms with Crippen LogP contribution in [0.3, 0.4) is 0 Å². The fourth-order valence-corrected chi connectivity index (χ4v) is 2.57. The molecule has 0 radical (unpaired) electrons. The van der Waals surface area contributed by atoms with E-state index in [4.69, 9.17) is 15.2 Å². The molecule has 0 spiro atoms. The molecule has 0 saturated carbocycles. The highest BCUT2D eigenvalue weighted by atomic mass is 16.5. The van der Waals surface area contributed by atoms with Crippen molar-refractivity contribution >= 4 is 22.4 Å². The lowest BCUT2D eigenvalue weighted by atomic mass is 10.1. The van der Waals surface area contributed by atoms with Crippen LogP contribution in [-0.2, 0) is 0 Å². The smallest absolute Gasteiger partial charge is 0.193 e. The summed E-state index contributed by atoms with van der Waals surface area (Å²) in [6.45, 7) is 1.19. The number of hydrogen-bond acceptors (Lipinski definition) is 3. The summed E-state index contributed by atoms with van der Waals surface area (Å²) in [6, 6.07) is 21.9. The molecule has 134 valence electrons. The summed E-state index contributed by atoms with van der Waals surface area (Å²) in [5.41, 5.74) is 6.77. The molecule has 0 unspecified atom stereocenters. The standard InChI is InChI=1S/C21H23N3O2/c1-25-19-11-8-18(9-12-19)24-21(22)23-13-4-14-26-20-10-7-16-5-2-3-6-17(16)15-20/h2-3,5-12,15H,4,13-14H2,1H3,(H3,22,23,24). The van der Waals surface area contributed by atoms with E-state index < -0.39 is 0 Å². The molecule has 0 aliphatic rings. The Balaban J connectivity index is 1.42. The maximum Gasteiger partial charge on any atom is 0.193 e. The number of nitrogens with zero attached hydrogens (tertiary/aromatic N) is 1. The highest BCUT2D eigenvalue weighted by Crippen LogP contribution is 2.20. The number of hydrogen-bond donors (Lipinski definition) is 2. The molecule has 0 aliphatic carbocycles. The van der Waals surface area contributed by atoms with Gasteiger partial charge in [0.05, 0.1) is 13.7 Å². The Morgan fingerprint density at radius 3 is 2.46 bits per heavy atom. The quantitative estimate of drug-likeness (QED) is 0.384. The van der Waals surface area contributed by atoms with Crippen molar-refractivity contribution in [2.24, 2.45) is 10.7 Å². The maximum atomic E-state index is 5.90. The van der Waals surface area contributed by atoms with E-state index in [1.54, 1.807) is 7.11 Å². The number of rotatable bonds is 7. The van der Waals surface area contributed by atoms with Crippen LogP contribution in [0.1, 0.15) is 6.42 Å². The molecule has 0 atom stereocenters. The van der Waals surface area contributed by atoms with Crippen molar-refractivity contribution in [2.75, 3.05) is 25.6 Å². The first-order valence-electron chi connectivity index (χ1n) is 8.57. The summed E-state index contributed by atoms with van der Waals surface area (Å²) >= 11 is 0. The van der Waals surface area contributed by atoms with Crippen LogP contribution in [-0.4, -0.2) is 26.2 Å². The molecule has 5 nitrogen and oxygen atoms in total. The zero-order chi connectivity index (χ0) is 18.2. The van der Waals surface area contributed by atoms with Crippen LogP contribution >= 0.6 is 0 Å². The molecular formula is C21H23N3O2. The molecule has 0 bridgehead atoms. The van der Waals surface area contributed by atoms with Crippen LogP contribution < -0.4 is 20.5 Å². The first kappa shape index (κ1) is 17.6. The average Bonchev–Trinajstić information content (AvgIpc) is 2.68. The highest BCUT2D eigenvalue weighted by molar-refractivity contribution is 5.92. The third-order valence-corrected chi connectivity index (χ3v) is 3.94. The van der Waals surface area contributed by atoms with Crippen LogP contribution in [0.5, 0.6) is 11.5 Å². The fraction of sp³-hybridized carbons (Fsp3) is 0.190. The second-order valence-electron chi connectivity index (χ2n) is 5.83. The van der Waals surface area contributed by atoms with Gasteiger partial charge in [0, 0.05) is 18.7 Å². The molecule has 3 rings (SSSR count). The summed E-state index contributed by atoms with van der Waals surface area (Å²) in [6.07, 6.45) is 0.790. The molecular weight excluding hydrogens is 326 g/mol. The minimum Gasteiger partial charge on any atom is -0.497 e. The lowest BCUT2D eigenvalue weighted by molar-refractivity contribution is 0.314. The number of anilines is 1. The number of ether oxygens (including phenoxy) is 2. The van der Waals surface area contributed by atoms with Gasteiger partial charge < -0.3 is 20.5 Å². The molecule has 3 aromatic carbocycles. The van der Waals surface area contributed by atoms with Crippen LogP contribution in [0.4, 0.5) is 5.69 Å². The summed E-state index contributed by atoms with van der Waals surface area (Å²) in [5.74, 6) is 2.06. The zero-order valence-electron chi connectivity index (χ0n) is 14.8. The van der Waals surface area contributed by atoms with E-state index in [0.717, 1.165) is 23.6 Å². The van der Waals surface area contributed by atoms with Gasteiger partial charge in [-0.2, -0.15) is 0 Å². The van der Waals surface area contributed by atoms with Gasteiger partial charge in [-0.3, -0.25) is 4.99 Å². The normalized spacial score (nSPS) is 11.3. The zero-order valence-corrected chi connectivity index (χ0v) is 14.8. The average molecular weight is 349 g/mol. The second kappa shape index (κ2) is 8.76. The summed E-state index contributed by atoms with van der Waals surface area (Å²) in [4.78, 5) is 4.32. The molecule has 0 heterocycles. The first-order chi connectivity index (χ1) is 12.7. The topological polar surface area (TPSA) is 68.9 Å². The monoisotopic (exact) mass is 349 g/mol. The summed E-state index contributed by atoms with van der Waals surface area (Å²) < 4.78 is 10.9. The number of nitrogens with two attached hydrogens (primary N) is 1. The molecule has 0 saturated heterocycles. The lowest BCUT2D eigenvalue weighted by Gasteiger charge is -2.08. The molecule has 0 aromatic heterocycles. The first-order valence-corrected chi connectivity index (χ1v) is 8.57. The van der Waals surface area contributed by atoms with Crippen LogP contribution in [0, 0.1) is 0 Å². The van der Waals surface area contributed by atoms with E-state index in [9.17, 15) is 0 Å². The van der Waals surface area contributed by atoms with E-state index in [2.05, 4.69) is 34.6 Å². The fourth-order valence-electron chi connectivity index (χ4n) is 2.57. The number of benzene rings is 3. The van der Waals surface area contributed by atoms with Crippen molar-refractivity contribution in [2.45, 2.75) is 6.42 Å². The van der Waals surface area contributed by atoms with Crippen molar-refractivity contribution in [3.8, 4) is 11.5 Å². The number of nitrogens with one attached hydrogen (secondary N) is 1. The van der Waals surface area contributed by atoms with Gasteiger partial charge in [-0.05, 0) is 47.2 Å². The highest BCUT2D eigenvalue weighted by Gasteiger charge is 1.98. The van der Waals surface area contributed by atoms with Gasteiger partial charge >= 0.3 is 0 Å². The second-order valence-corrected chi connectivity index (χ2v) is 5.83. The Kier molecular flexibility index (Phi) is 5.93. The van der Waals surface area contributed by atoms with Crippen molar-refractivity contribution in [1.29, 1.82) is 0 Å². The molecule has 0 amide bonds. The largest absolute Gasteiger partial charge is 0.497 e. The van der Waals surface area contributed by atoms with E-state index >= 15 is 0 Å². The van der Waals surface area contributed by atoms with Gasteiger partial charge in [0.2, 0.25) is 0 Å². The van der Waals surface area contributed by atoms with E-state index in [1.807, 2.05) is 42.5 Å². The predicted molar refractivity (Wildman–Crippen MR) is 107 cm³/mol. The van der Waals surface area contributed by atoms with E-state index in [1.165, 1.54) is 10.8 Å². The van der Waals surface area contributed by atoms with Crippen LogP contribution in [0.15, 0.2) is 71.7 Å². The van der Waals surface area contributed by atoms with E-state index in [0.29, 0.717) is 19.1 Å². The van der Waals surface area contributed by atoms with Gasteiger partial charge in [-0.25, -0.2) is 0 Å². The van der Waals surface area contributed by atoms with Gasteiger partial charge in [-0.15, -0.1) is 0 Å². The lowest BCUT2D eigenvalue weighted by Crippen LogP contribution is -2.23. The van der Waals surface area contributed by atoms with Gasteiger partial charge in [0.15, 0.2) is 5.96 Å². The molecule has 26 heavy (non-hydrogen) atoms. The Morgan fingerprint density at radius 1 is 0.962 bits per heavy atom.